The first-order valence-corrected chi connectivity index (χ1v) is 13.0. The van der Waals surface area contributed by atoms with Crippen molar-refractivity contribution in [1.29, 1.82) is 0 Å². The largest absolute Gasteiger partial charge is 0.492 e. The van der Waals surface area contributed by atoms with Crippen LogP contribution in [0.4, 0.5) is 9.59 Å². The highest BCUT2D eigenvalue weighted by atomic mass is 16.7. The molecule has 0 aliphatic carbocycles. The van der Waals surface area contributed by atoms with E-state index in [-0.39, 0.29) is 23.4 Å². The zero-order chi connectivity index (χ0) is 27.5. The van der Waals surface area contributed by atoms with Crippen molar-refractivity contribution in [2.24, 2.45) is 0 Å². The SMILES string of the molecule is CC(C)(C)OC(=O)N1CCC=C(B2OC(C)(C)C(C)(C)O2)C1.CC1=CCCN(C(=O)OC(C)(C)C)C1. The van der Waals surface area contributed by atoms with Crippen molar-refractivity contribution in [1.82, 2.24) is 9.80 Å². The predicted molar refractivity (Wildman–Crippen MR) is 143 cm³/mol. The van der Waals surface area contributed by atoms with Crippen molar-refractivity contribution in [2.75, 3.05) is 26.2 Å². The number of carbonyl (C=O) groups excluding carboxylic acids is 2. The molecular formula is C27H47BN2O6. The van der Waals surface area contributed by atoms with Gasteiger partial charge >= 0.3 is 19.3 Å². The average Bonchev–Trinajstić information content (AvgIpc) is 2.93. The van der Waals surface area contributed by atoms with E-state index in [9.17, 15) is 9.59 Å². The lowest BCUT2D eigenvalue weighted by atomic mass is 9.76. The fourth-order valence-corrected chi connectivity index (χ4v) is 3.81. The van der Waals surface area contributed by atoms with Gasteiger partial charge in [0.05, 0.1) is 11.2 Å². The Bertz CT molecular complexity index is 850. The van der Waals surface area contributed by atoms with Crippen molar-refractivity contribution in [3.8, 4) is 0 Å². The molecule has 9 heteroatoms. The molecule has 36 heavy (non-hydrogen) atoms. The van der Waals surface area contributed by atoms with Gasteiger partial charge in [0.1, 0.15) is 11.2 Å². The zero-order valence-corrected chi connectivity index (χ0v) is 24.3. The van der Waals surface area contributed by atoms with Gasteiger partial charge in [0.25, 0.3) is 0 Å². The first-order valence-electron chi connectivity index (χ1n) is 13.0. The number of nitrogens with zero attached hydrogens (tertiary/aromatic N) is 2. The van der Waals surface area contributed by atoms with Gasteiger partial charge in [0.15, 0.2) is 0 Å². The molecule has 3 aliphatic heterocycles. The molecule has 3 heterocycles. The zero-order valence-electron chi connectivity index (χ0n) is 24.3. The molecule has 0 aromatic carbocycles. The molecule has 204 valence electrons. The van der Waals surface area contributed by atoms with Gasteiger partial charge in [-0.1, -0.05) is 17.7 Å². The quantitative estimate of drug-likeness (QED) is 0.333. The van der Waals surface area contributed by atoms with Gasteiger partial charge in [-0.15, -0.1) is 0 Å². The third kappa shape index (κ3) is 8.84. The van der Waals surface area contributed by atoms with E-state index in [0.29, 0.717) is 19.6 Å². The topological polar surface area (TPSA) is 77.5 Å². The van der Waals surface area contributed by atoms with Crippen LogP contribution in [0.3, 0.4) is 0 Å². The molecule has 0 aromatic rings. The van der Waals surface area contributed by atoms with E-state index in [0.717, 1.165) is 24.9 Å². The second-order valence-electron chi connectivity index (χ2n) is 12.8. The smallest absolute Gasteiger partial charge is 0.444 e. The Morgan fingerprint density at radius 2 is 1.22 bits per heavy atom. The normalized spacial score (nSPS) is 21.7. The number of rotatable bonds is 1. The second-order valence-corrected chi connectivity index (χ2v) is 12.8. The Morgan fingerprint density at radius 1 is 0.806 bits per heavy atom. The average molecular weight is 506 g/mol. The summed E-state index contributed by atoms with van der Waals surface area (Å²) in [6, 6.07) is 0. The summed E-state index contributed by atoms with van der Waals surface area (Å²) in [7, 11) is -0.393. The minimum atomic E-state index is -0.483. The van der Waals surface area contributed by atoms with Crippen LogP contribution in [0.5, 0.6) is 0 Å². The second kappa shape index (κ2) is 11.2. The van der Waals surface area contributed by atoms with Crippen molar-refractivity contribution in [3.05, 3.63) is 23.2 Å². The molecule has 0 saturated carbocycles. The molecular weight excluding hydrogens is 459 g/mol. The highest BCUT2D eigenvalue weighted by Crippen LogP contribution is 2.39. The van der Waals surface area contributed by atoms with Crippen molar-refractivity contribution in [2.45, 2.75) is 111 Å². The summed E-state index contributed by atoms with van der Waals surface area (Å²) in [5.41, 5.74) is 0.617. The lowest BCUT2D eigenvalue weighted by Gasteiger charge is -2.32. The molecule has 3 rings (SSSR count). The summed E-state index contributed by atoms with van der Waals surface area (Å²) in [5, 5.41) is 0. The first-order chi connectivity index (χ1) is 16.3. The molecule has 0 radical (unpaired) electrons. The van der Waals surface area contributed by atoms with E-state index in [4.69, 9.17) is 18.8 Å². The predicted octanol–water partition coefficient (Wildman–Crippen LogP) is 5.76. The van der Waals surface area contributed by atoms with Crippen molar-refractivity contribution < 1.29 is 28.4 Å². The summed E-state index contributed by atoms with van der Waals surface area (Å²) >= 11 is 0. The summed E-state index contributed by atoms with van der Waals surface area (Å²) in [6.07, 6.45) is 5.52. The molecule has 1 fully saturated rings. The molecule has 0 bridgehead atoms. The number of hydrogen-bond donors (Lipinski definition) is 0. The Balaban J connectivity index is 0.000000281. The lowest BCUT2D eigenvalue weighted by Crippen LogP contribution is -2.42. The van der Waals surface area contributed by atoms with Gasteiger partial charge in [-0.05, 0) is 94.5 Å². The molecule has 0 N–H and O–H groups in total. The maximum Gasteiger partial charge on any atom is 0.492 e. The van der Waals surface area contributed by atoms with E-state index < -0.39 is 18.3 Å². The van der Waals surface area contributed by atoms with Gasteiger partial charge in [-0.3, -0.25) is 0 Å². The van der Waals surface area contributed by atoms with Gasteiger partial charge in [0.2, 0.25) is 0 Å². The van der Waals surface area contributed by atoms with Crippen LogP contribution in [0.15, 0.2) is 23.2 Å². The Labute approximate surface area is 218 Å². The Kier molecular flexibility index (Phi) is 9.38. The standard InChI is InChI=1S/C16H28BNO4.C11H19NO2/c1-14(2,3)20-13(19)18-10-8-9-12(11-18)17-21-15(4,5)16(6,7)22-17;1-9-6-5-7-12(8-9)10(13)14-11(2,3)4/h9H,8,10-11H2,1-7H3;6H,5,7-8H2,1-4H3. The highest BCUT2D eigenvalue weighted by Gasteiger charge is 2.52. The maximum atomic E-state index is 12.2. The number of ether oxygens (including phenoxy) is 2. The van der Waals surface area contributed by atoms with Crippen LogP contribution in [-0.2, 0) is 18.8 Å². The van der Waals surface area contributed by atoms with Gasteiger partial charge in [-0.2, -0.15) is 0 Å². The minimum absolute atomic E-state index is 0.204. The maximum absolute atomic E-state index is 12.2. The Morgan fingerprint density at radius 3 is 1.64 bits per heavy atom. The molecule has 0 aromatic heterocycles. The number of hydrogen-bond acceptors (Lipinski definition) is 6. The molecule has 2 amide bonds. The van der Waals surface area contributed by atoms with Crippen LogP contribution >= 0.6 is 0 Å². The molecule has 0 unspecified atom stereocenters. The van der Waals surface area contributed by atoms with E-state index in [1.165, 1.54) is 5.57 Å². The lowest BCUT2D eigenvalue weighted by molar-refractivity contribution is 0.00578. The van der Waals surface area contributed by atoms with E-state index in [1.54, 1.807) is 9.80 Å². The molecule has 3 aliphatic rings. The summed E-state index contributed by atoms with van der Waals surface area (Å²) < 4.78 is 22.9. The van der Waals surface area contributed by atoms with E-state index in [1.807, 2.05) is 76.2 Å². The van der Waals surface area contributed by atoms with Gasteiger partial charge < -0.3 is 28.6 Å². The minimum Gasteiger partial charge on any atom is -0.444 e. The summed E-state index contributed by atoms with van der Waals surface area (Å²) in [4.78, 5) is 27.3. The molecule has 1 saturated heterocycles. The number of carbonyl (C=O) groups is 2. The third-order valence-electron chi connectivity index (χ3n) is 6.37. The molecule has 0 atom stereocenters. The molecule has 8 nitrogen and oxygen atoms in total. The summed E-state index contributed by atoms with van der Waals surface area (Å²) in [6.45, 7) is 24.1. The van der Waals surface area contributed by atoms with Crippen LogP contribution in [-0.4, -0.2) is 77.7 Å². The van der Waals surface area contributed by atoms with Crippen LogP contribution in [0.2, 0.25) is 0 Å². The van der Waals surface area contributed by atoms with Crippen LogP contribution in [0.1, 0.15) is 89.0 Å². The number of amides is 2. The molecule has 0 spiro atoms. The van der Waals surface area contributed by atoms with Crippen LogP contribution in [0, 0.1) is 0 Å². The summed E-state index contributed by atoms with van der Waals surface area (Å²) in [5.74, 6) is 0. The highest BCUT2D eigenvalue weighted by molar-refractivity contribution is 6.54. The van der Waals surface area contributed by atoms with E-state index >= 15 is 0 Å². The van der Waals surface area contributed by atoms with E-state index in [2.05, 4.69) is 12.2 Å². The fraction of sp³-hybridized carbons (Fsp3) is 0.778. The first kappa shape index (κ1) is 30.2. The van der Waals surface area contributed by atoms with Crippen LogP contribution < -0.4 is 0 Å². The van der Waals surface area contributed by atoms with Crippen molar-refractivity contribution >= 4 is 19.3 Å². The monoisotopic (exact) mass is 506 g/mol. The van der Waals surface area contributed by atoms with Crippen molar-refractivity contribution in [3.63, 3.8) is 0 Å². The third-order valence-corrected chi connectivity index (χ3v) is 6.37. The fourth-order valence-electron chi connectivity index (χ4n) is 3.81. The van der Waals surface area contributed by atoms with Gasteiger partial charge in [-0.25, -0.2) is 9.59 Å². The van der Waals surface area contributed by atoms with Gasteiger partial charge in [0, 0.05) is 26.2 Å². The Hall–Kier alpha value is -2.00. The van der Waals surface area contributed by atoms with Crippen LogP contribution in [0.25, 0.3) is 0 Å².